The summed E-state index contributed by atoms with van der Waals surface area (Å²) in [7, 11) is 1.58. The number of piperazine rings is 1. The molecule has 2 aliphatic heterocycles. The molecular formula is C17H23N3O2. The summed E-state index contributed by atoms with van der Waals surface area (Å²) in [5.41, 5.74) is 3.91. The van der Waals surface area contributed by atoms with Crippen LogP contribution in [0.1, 0.15) is 17.5 Å². The van der Waals surface area contributed by atoms with E-state index in [-0.39, 0.29) is 17.9 Å². The Bertz CT molecular complexity index is 606. The van der Waals surface area contributed by atoms with E-state index in [2.05, 4.69) is 41.8 Å². The minimum Gasteiger partial charge on any atom is -0.369 e. The lowest BCUT2D eigenvalue weighted by atomic mass is 10.1. The summed E-state index contributed by atoms with van der Waals surface area (Å²) in [4.78, 5) is 29.6. The van der Waals surface area contributed by atoms with Gasteiger partial charge >= 0.3 is 0 Å². The highest BCUT2D eigenvalue weighted by molar-refractivity contribution is 6.05. The Labute approximate surface area is 131 Å². The number of amides is 2. The van der Waals surface area contributed by atoms with E-state index in [4.69, 9.17) is 0 Å². The second-order valence-electron chi connectivity index (χ2n) is 6.25. The molecule has 1 atom stereocenters. The predicted octanol–water partition coefficient (Wildman–Crippen LogP) is 1.18. The van der Waals surface area contributed by atoms with Crippen molar-refractivity contribution in [2.75, 3.05) is 38.1 Å². The van der Waals surface area contributed by atoms with Gasteiger partial charge in [0.05, 0.1) is 12.5 Å². The number of likely N-dealkylation sites (N-methyl/N-ethyl adjacent to an activating group) is 1. The lowest BCUT2D eigenvalue weighted by molar-refractivity contribution is -0.138. The Morgan fingerprint density at radius 3 is 2.32 bits per heavy atom. The molecule has 22 heavy (non-hydrogen) atoms. The third-order valence-corrected chi connectivity index (χ3v) is 5.03. The molecule has 2 amide bonds. The van der Waals surface area contributed by atoms with Crippen LogP contribution in [0.2, 0.25) is 0 Å². The molecule has 2 heterocycles. The number of aryl methyl sites for hydroxylation is 1. The standard InChI is InChI=1S/C17H23N3O2/c1-12-5-4-6-14(13(12)2)19-7-9-20(10-8-19)15-11-16(21)18(3)17(15)22/h4-6,15H,7-11H2,1-3H3/t15-/m0/s1. The van der Waals surface area contributed by atoms with Crippen molar-refractivity contribution in [3.63, 3.8) is 0 Å². The van der Waals surface area contributed by atoms with Gasteiger partial charge in [0, 0.05) is 38.9 Å². The first-order valence-electron chi connectivity index (χ1n) is 7.84. The maximum absolute atomic E-state index is 12.1. The van der Waals surface area contributed by atoms with E-state index in [0.29, 0.717) is 6.42 Å². The van der Waals surface area contributed by atoms with Crippen LogP contribution in [0, 0.1) is 13.8 Å². The second-order valence-corrected chi connectivity index (χ2v) is 6.25. The van der Waals surface area contributed by atoms with E-state index in [1.54, 1.807) is 7.05 Å². The SMILES string of the molecule is Cc1cccc(N2CCN([C@H]3CC(=O)N(C)C3=O)CC2)c1C. The van der Waals surface area contributed by atoms with Gasteiger partial charge in [-0.3, -0.25) is 19.4 Å². The third-order valence-electron chi connectivity index (χ3n) is 5.03. The van der Waals surface area contributed by atoms with Crippen molar-refractivity contribution in [3.05, 3.63) is 29.3 Å². The first kappa shape index (κ1) is 15.0. The van der Waals surface area contributed by atoms with Crippen LogP contribution in [-0.2, 0) is 9.59 Å². The van der Waals surface area contributed by atoms with Crippen LogP contribution in [-0.4, -0.2) is 60.9 Å². The fourth-order valence-corrected chi connectivity index (χ4v) is 3.37. The first-order chi connectivity index (χ1) is 10.5. The van der Waals surface area contributed by atoms with Crippen molar-refractivity contribution in [1.29, 1.82) is 0 Å². The number of benzene rings is 1. The van der Waals surface area contributed by atoms with Gasteiger partial charge in [-0.2, -0.15) is 0 Å². The molecule has 2 aliphatic rings. The van der Waals surface area contributed by atoms with Crippen molar-refractivity contribution >= 4 is 17.5 Å². The molecule has 118 valence electrons. The average molecular weight is 301 g/mol. The van der Waals surface area contributed by atoms with Gasteiger partial charge in [-0.15, -0.1) is 0 Å². The molecule has 1 aromatic carbocycles. The van der Waals surface area contributed by atoms with Gasteiger partial charge in [0.25, 0.3) is 0 Å². The van der Waals surface area contributed by atoms with E-state index < -0.39 is 0 Å². The molecule has 0 unspecified atom stereocenters. The predicted molar refractivity (Wildman–Crippen MR) is 85.9 cm³/mol. The number of anilines is 1. The van der Waals surface area contributed by atoms with Crippen molar-refractivity contribution in [2.45, 2.75) is 26.3 Å². The molecule has 0 aromatic heterocycles. The number of carbonyl (C=O) groups excluding carboxylic acids is 2. The summed E-state index contributed by atoms with van der Waals surface area (Å²) < 4.78 is 0. The fourth-order valence-electron chi connectivity index (χ4n) is 3.37. The van der Waals surface area contributed by atoms with Crippen LogP contribution in [0.15, 0.2) is 18.2 Å². The first-order valence-corrected chi connectivity index (χ1v) is 7.84. The number of imide groups is 1. The quantitative estimate of drug-likeness (QED) is 0.770. The molecule has 1 aromatic rings. The molecule has 0 aliphatic carbocycles. The molecule has 3 rings (SSSR count). The molecule has 5 nitrogen and oxygen atoms in total. The second kappa shape index (κ2) is 5.72. The maximum Gasteiger partial charge on any atom is 0.246 e. The molecular weight excluding hydrogens is 278 g/mol. The summed E-state index contributed by atoms with van der Waals surface area (Å²) in [5.74, 6) is -0.114. The Kier molecular flexibility index (Phi) is 3.91. The third kappa shape index (κ3) is 2.50. The van der Waals surface area contributed by atoms with Gasteiger partial charge in [-0.25, -0.2) is 0 Å². The summed E-state index contributed by atoms with van der Waals surface area (Å²) >= 11 is 0. The van der Waals surface area contributed by atoms with Gasteiger partial charge in [0.2, 0.25) is 11.8 Å². The number of hydrogen-bond acceptors (Lipinski definition) is 4. The van der Waals surface area contributed by atoms with Crippen LogP contribution in [0.4, 0.5) is 5.69 Å². The lowest BCUT2D eigenvalue weighted by Crippen LogP contribution is -2.52. The minimum atomic E-state index is -0.252. The van der Waals surface area contributed by atoms with Crippen molar-refractivity contribution in [3.8, 4) is 0 Å². The Morgan fingerprint density at radius 2 is 1.73 bits per heavy atom. The summed E-state index contributed by atoms with van der Waals surface area (Å²) in [5, 5.41) is 0. The average Bonchev–Trinajstić information content (AvgIpc) is 2.78. The summed E-state index contributed by atoms with van der Waals surface area (Å²) in [6.45, 7) is 7.73. The Balaban J connectivity index is 1.67. The fraction of sp³-hybridized carbons (Fsp3) is 0.529. The number of carbonyl (C=O) groups is 2. The molecule has 5 heteroatoms. The molecule has 2 fully saturated rings. The number of rotatable bonds is 2. The summed E-state index contributed by atoms with van der Waals surface area (Å²) in [6.07, 6.45) is 0.332. The zero-order valence-electron chi connectivity index (χ0n) is 13.5. The van der Waals surface area contributed by atoms with E-state index in [1.807, 2.05) is 0 Å². The van der Waals surface area contributed by atoms with Crippen molar-refractivity contribution in [2.24, 2.45) is 0 Å². The normalized spacial score (nSPS) is 23.5. The van der Waals surface area contributed by atoms with Crippen LogP contribution in [0.5, 0.6) is 0 Å². The molecule has 0 bridgehead atoms. The summed E-state index contributed by atoms with van der Waals surface area (Å²) in [6, 6.07) is 6.14. The van der Waals surface area contributed by atoms with Crippen molar-refractivity contribution in [1.82, 2.24) is 9.80 Å². The van der Waals surface area contributed by atoms with E-state index in [9.17, 15) is 9.59 Å². The van der Waals surface area contributed by atoms with Gasteiger partial charge in [-0.05, 0) is 31.0 Å². The molecule has 0 saturated carbocycles. The zero-order chi connectivity index (χ0) is 15.9. The van der Waals surface area contributed by atoms with Crippen LogP contribution < -0.4 is 4.90 Å². The highest BCUT2D eigenvalue weighted by Gasteiger charge is 2.40. The van der Waals surface area contributed by atoms with E-state index in [0.717, 1.165) is 26.2 Å². The highest BCUT2D eigenvalue weighted by atomic mass is 16.2. The number of nitrogens with zero attached hydrogens (tertiary/aromatic N) is 3. The number of likely N-dealkylation sites (tertiary alicyclic amines) is 1. The monoisotopic (exact) mass is 301 g/mol. The largest absolute Gasteiger partial charge is 0.369 e. The van der Waals surface area contributed by atoms with Crippen LogP contribution in [0.25, 0.3) is 0 Å². The smallest absolute Gasteiger partial charge is 0.246 e. The number of hydrogen-bond donors (Lipinski definition) is 0. The Hall–Kier alpha value is -1.88. The van der Waals surface area contributed by atoms with E-state index >= 15 is 0 Å². The topological polar surface area (TPSA) is 43.9 Å². The minimum absolute atomic E-state index is 0.0508. The lowest BCUT2D eigenvalue weighted by Gasteiger charge is -2.38. The Morgan fingerprint density at radius 1 is 1.05 bits per heavy atom. The van der Waals surface area contributed by atoms with Gasteiger partial charge in [-0.1, -0.05) is 12.1 Å². The molecule has 2 saturated heterocycles. The molecule has 0 spiro atoms. The van der Waals surface area contributed by atoms with Crippen LogP contribution in [0.3, 0.4) is 0 Å². The van der Waals surface area contributed by atoms with Crippen molar-refractivity contribution < 1.29 is 9.59 Å². The molecule has 0 radical (unpaired) electrons. The molecule has 0 N–H and O–H groups in total. The highest BCUT2D eigenvalue weighted by Crippen LogP contribution is 2.25. The van der Waals surface area contributed by atoms with Gasteiger partial charge in [0.15, 0.2) is 0 Å². The van der Waals surface area contributed by atoms with Crippen LogP contribution >= 0.6 is 0 Å². The van der Waals surface area contributed by atoms with E-state index in [1.165, 1.54) is 21.7 Å². The van der Waals surface area contributed by atoms with Gasteiger partial charge in [0.1, 0.15) is 0 Å². The zero-order valence-corrected chi connectivity index (χ0v) is 13.5. The maximum atomic E-state index is 12.1. The van der Waals surface area contributed by atoms with Gasteiger partial charge < -0.3 is 4.90 Å².